The van der Waals surface area contributed by atoms with Gasteiger partial charge in [-0.3, -0.25) is 0 Å². The zero-order valence-corrected chi connectivity index (χ0v) is 11.7. The van der Waals surface area contributed by atoms with E-state index in [1.54, 1.807) is 0 Å². The van der Waals surface area contributed by atoms with Gasteiger partial charge >= 0.3 is 0 Å². The SMILES string of the molecule is CC(C)CC(CCl)NCCCc1ccccc1. The largest absolute Gasteiger partial charge is 0.313 e. The number of hydrogen-bond acceptors (Lipinski definition) is 1. The minimum Gasteiger partial charge on any atom is -0.313 e. The summed E-state index contributed by atoms with van der Waals surface area (Å²) in [6.07, 6.45) is 3.48. The molecule has 0 aliphatic rings. The highest BCUT2D eigenvalue weighted by molar-refractivity contribution is 6.18. The van der Waals surface area contributed by atoms with Crippen LogP contribution in [0.1, 0.15) is 32.3 Å². The van der Waals surface area contributed by atoms with Crippen LogP contribution in [-0.2, 0) is 6.42 Å². The molecule has 1 nitrogen and oxygen atoms in total. The molecule has 96 valence electrons. The minimum atomic E-state index is 0.465. The maximum absolute atomic E-state index is 5.95. The van der Waals surface area contributed by atoms with Gasteiger partial charge in [0, 0.05) is 11.9 Å². The van der Waals surface area contributed by atoms with E-state index < -0.39 is 0 Å². The molecule has 0 saturated heterocycles. The molecule has 0 radical (unpaired) electrons. The molecule has 0 fully saturated rings. The Morgan fingerprint density at radius 2 is 1.88 bits per heavy atom. The lowest BCUT2D eigenvalue weighted by Crippen LogP contribution is -2.33. The molecule has 0 bridgehead atoms. The predicted octanol–water partition coefficient (Wildman–Crippen LogP) is 3.86. The molecule has 0 aromatic heterocycles. The third kappa shape index (κ3) is 6.70. The van der Waals surface area contributed by atoms with Gasteiger partial charge in [-0.1, -0.05) is 44.2 Å². The van der Waals surface area contributed by atoms with Crippen LogP contribution in [0.15, 0.2) is 30.3 Å². The lowest BCUT2D eigenvalue weighted by molar-refractivity contribution is 0.443. The van der Waals surface area contributed by atoms with E-state index in [0.717, 1.165) is 19.4 Å². The van der Waals surface area contributed by atoms with Crippen molar-refractivity contribution in [1.82, 2.24) is 5.32 Å². The lowest BCUT2D eigenvalue weighted by Gasteiger charge is -2.17. The molecular formula is C15H24ClN. The van der Waals surface area contributed by atoms with Gasteiger partial charge in [-0.05, 0) is 37.3 Å². The molecule has 2 heteroatoms. The number of benzene rings is 1. The number of alkyl halides is 1. The van der Waals surface area contributed by atoms with Crippen LogP contribution in [-0.4, -0.2) is 18.5 Å². The van der Waals surface area contributed by atoms with Gasteiger partial charge in [-0.2, -0.15) is 0 Å². The topological polar surface area (TPSA) is 12.0 Å². The average Bonchev–Trinajstić information content (AvgIpc) is 2.34. The first kappa shape index (κ1) is 14.5. The number of aryl methyl sites for hydroxylation is 1. The van der Waals surface area contributed by atoms with Crippen LogP contribution in [0, 0.1) is 5.92 Å². The van der Waals surface area contributed by atoms with Crippen LogP contribution >= 0.6 is 11.6 Å². The lowest BCUT2D eigenvalue weighted by atomic mass is 10.0. The van der Waals surface area contributed by atoms with E-state index in [4.69, 9.17) is 11.6 Å². The fourth-order valence-corrected chi connectivity index (χ4v) is 2.25. The minimum absolute atomic E-state index is 0.465. The molecule has 1 rings (SSSR count). The monoisotopic (exact) mass is 253 g/mol. The van der Waals surface area contributed by atoms with E-state index in [2.05, 4.69) is 49.5 Å². The molecule has 1 aromatic carbocycles. The van der Waals surface area contributed by atoms with Gasteiger partial charge in [-0.15, -0.1) is 11.6 Å². The summed E-state index contributed by atoms with van der Waals surface area (Å²) in [5.41, 5.74) is 1.42. The first-order valence-electron chi connectivity index (χ1n) is 6.55. The summed E-state index contributed by atoms with van der Waals surface area (Å²) < 4.78 is 0. The molecule has 0 aliphatic carbocycles. The summed E-state index contributed by atoms with van der Waals surface area (Å²) in [5, 5.41) is 3.54. The summed E-state index contributed by atoms with van der Waals surface area (Å²) in [7, 11) is 0. The van der Waals surface area contributed by atoms with Crippen molar-refractivity contribution in [3.05, 3.63) is 35.9 Å². The molecule has 0 heterocycles. The third-order valence-corrected chi connectivity index (χ3v) is 3.23. The van der Waals surface area contributed by atoms with E-state index in [-0.39, 0.29) is 0 Å². The Morgan fingerprint density at radius 3 is 2.47 bits per heavy atom. The molecule has 0 spiro atoms. The van der Waals surface area contributed by atoms with Crippen LogP contribution in [0.25, 0.3) is 0 Å². The second kappa shape index (κ2) is 8.54. The van der Waals surface area contributed by atoms with E-state index in [1.807, 2.05) is 0 Å². The van der Waals surface area contributed by atoms with Gasteiger partial charge in [0.05, 0.1) is 0 Å². The smallest absolute Gasteiger partial charge is 0.0377 e. The Balaban J connectivity index is 2.14. The molecule has 1 N–H and O–H groups in total. The Morgan fingerprint density at radius 1 is 1.18 bits per heavy atom. The van der Waals surface area contributed by atoms with Gasteiger partial charge in [0.1, 0.15) is 0 Å². The molecule has 1 aromatic rings. The first-order chi connectivity index (χ1) is 8.22. The maximum atomic E-state index is 5.95. The quantitative estimate of drug-likeness (QED) is 0.548. The number of hydrogen-bond donors (Lipinski definition) is 1. The summed E-state index contributed by atoms with van der Waals surface area (Å²) in [6, 6.07) is 11.1. The van der Waals surface area contributed by atoms with Crippen LogP contribution in [0.3, 0.4) is 0 Å². The van der Waals surface area contributed by atoms with E-state index in [0.29, 0.717) is 17.8 Å². The molecule has 17 heavy (non-hydrogen) atoms. The van der Waals surface area contributed by atoms with E-state index in [9.17, 15) is 0 Å². The zero-order chi connectivity index (χ0) is 12.5. The van der Waals surface area contributed by atoms with Crippen LogP contribution in [0.5, 0.6) is 0 Å². The van der Waals surface area contributed by atoms with Crippen LogP contribution in [0.4, 0.5) is 0 Å². The van der Waals surface area contributed by atoms with E-state index >= 15 is 0 Å². The molecule has 1 atom stereocenters. The molecule has 0 saturated carbocycles. The standard InChI is InChI=1S/C15H24ClN/c1-13(2)11-15(12-16)17-10-6-9-14-7-4-3-5-8-14/h3-5,7-8,13,15,17H,6,9-12H2,1-2H3. The van der Waals surface area contributed by atoms with Crippen molar-refractivity contribution in [1.29, 1.82) is 0 Å². The molecule has 0 aliphatic heterocycles. The average molecular weight is 254 g/mol. The van der Waals surface area contributed by atoms with Crippen molar-refractivity contribution in [2.45, 2.75) is 39.2 Å². The van der Waals surface area contributed by atoms with Gasteiger partial charge in [0.25, 0.3) is 0 Å². The Kier molecular flexibility index (Phi) is 7.30. The van der Waals surface area contributed by atoms with Crippen LogP contribution in [0.2, 0.25) is 0 Å². The zero-order valence-electron chi connectivity index (χ0n) is 11.0. The van der Waals surface area contributed by atoms with Crippen molar-refractivity contribution in [2.24, 2.45) is 5.92 Å². The highest BCUT2D eigenvalue weighted by Gasteiger charge is 2.08. The van der Waals surface area contributed by atoms with Crippen molar-refractivity contribution in [3.8, 4) is 0 Å². The summed E-state index contributed by atoms with van der Waals surface area (Å²) in [6.45, 7) is 5.54. The van der Waals surface area contributed by atoms with Crippen molar-refractivity contribution in [2.75, 3.05) is 12.4 Å². The summed E-state index contributed by atoms with van der Waals surface area (Å²) >= 11 is 5.95. The Bertz CT molecular complexity index is 284. The highest BCUT2D eigenvalue weighted by atomic mass is 35.5. The van der Waals surface area contributed by atoms with Crippen molar-refractivity contribution >= 4 is 11.6 Å². The van der Waals surface area contributed by atoms with E-state index in [1.165, 1.54) is 12.0 Å². The van der Waals surface area contributed by atoms with Crippen molar-refractivity contribution in [3.63, 3.8) is 0 Å². The summed E-state index contributed by atoms with van der Waals surface area (Å²) in [5.74, 6) is 1.42. The molecular weight excluding hydrogens is 230 g/mol. The Hall–Kier alpha value is -0.530. The van der Waals surface area contributed by atoms with Crippen LogP contribution < -0.4 is 5.32 Å². The number of halogens is 1. The second-order valence-corrected chi connectivity index (χ2v) is 5.33. The van der Waals surface area contributed by atoms with Crippen molar-refractivity contribution < 1.29 is 0 Å². The Labute approximate surface area is 111 Å². The molecule has 0 amide bonds. The summed E-state index contributed by atoms with van der Waals surface area (Å²) in [4.78, 5) is 0. The molecule has 1 unspecified atom stereocenters. The third-order valence-electron chi connectivity index (χ3n) is 2.86. The number of nitrogens with one attached hydrogen (secondary N) is 1. The first-order valence-corrected chi connectivity index (χ1v) is 7.09. The maximum Gasteiger partial charge on any atom is 0.0377 e. The predicted molar refractivity (Wildman–Crippen MR) is 76.7 cm³/mol. The van der Waals surface area contributed by atoms with Gasteiger partial charge in [0.15, 0.2) is 0 Å². The fourth-order valence-electron chi connectivity index (χ4n) is 2.01. The normalized spacial score (nSPS) is 12.9. The second-order valence-electron chi connectivity index (χ2n) is 5.02. The van der Waals surface area contributed by atoms with Gasteiger partial charge in [-0.25, -0.2) is 0 Å². The van der Waals surface area contributed by atoms with Gasteiger partial charge < -0.3 is 5.32 Å². The van der Waals surface area contributed by atoms with Gasteiger partial charge in [0.2, 0.25) is 0 Å². The number of rotatable bonds is 8. The highest BCUT2D eigenvalue weighted by Crippen LogP contribution is 2.07. The fraction of sp³-hybridized carbons (Fsp3) is 0.600.